The zero-order chi connectivity index (χ0) is 20.8. The lowest BCUT2D eigenvalue weighted by Crippen LogP contribution is -2.48. The van der Waals surface area contributed by atoms with Crippen LogP contribution >= 0.6 is 11.8 Å². The van der Waals surface area contributed by atoms with Gasteiger partial charge < -0.3 is 9.64 Å². The zero-order valence-electron chi connectivity index (χ0n) is 16.9. The first-order chi connectivity index (χ1) is 14.5. The zero-order valence-corrected chi connectivity index (χ0v) is 17.7. The second-order valence-electron chi connectivity index (χ2n) is 7.92. The monoisotopic (exact) mass is 425 g/mol. The fourth-order valence-electron chi connectivity index (χ4n) is 4.25. The second kappa shape index (κ2) is 7.55. The maximum atomic E-state index is 13.2. The maximum Gasteiger partial charge on any atom is 0.265 e. The SMILES string of the molecule is C[C@@H]1CN(C(=O)C[C@H]2CSc3nc4c(cnn4-c4ccccc4)c(=O)n32)C[C@@H](C)O1. The summed E-state index contributed by atoms with van der Waals surface area (Å²) >= 11 is 1.52. The van der Waals surface area contributed by atoms with Crippen LogP contribution in [0.1, 0.15) is 26.3 Å². The molecule has 30 heavy (non-hydrogen) atoms. The van der Waals surface area contributed by atoms with Crippen molar-refractivity contribution in [1.82, 2.24) is 24.2 Å². The van der Waals surface area contributed by atoms with Crippen LogP contribution in [0.5, 0.6) is 0 Å². The predicted octanol–water partition coefficient (Wildman–Crippen LogP) is 2.25. The largest absolute Gasteiger partial charge is 0.372 e. The normalized spacial score (nSPS) is 23.7. The van der Waals surface area contributed by atoms with Gasteiger partial charge in [0.15, 0.2) is 10.8 Å². The number of hydrogen-bond acceptors (Lipinski definition) is 6. The van der Waals surface area contributed by atoms with Gasteiger partial charge in [0.25, 0.3) is 5.56 Å². The van der Waals surface area contributed by atoms with Gasteiger partial charge in [-0.1, -0.05) is 30.0 Å². The van der Waals surface area contributed by atoms with E-state index in [1.54, 1.807) is 15.4 Å². The standard InChI is InChI=1S/C21H23N5O3S/c1-13-10-24(11-14(2)29-13)18(27)8-16-12-30-21-23-19-17(20(28)25(16)21)9-22-26(19)15-6-4-3-5-7-15/h3-7,9,13-14,16H,8,10-12H2,1-2H3/t13-,14-,16+/m1/s1. The molecule has 1 saturated heterocycles. The molecule has 0 aliphatic carbocycles. The summed E-state index contributed by atoms with van der Waals surface area (Å²) in [6, 6.07) is 9.44. The Bertz CT molecular complexity index is 1150. The molecule has 4 heterocycles. The number of nitrogens with zero attached hydrogens (tertiary/aromatic N) is 5. The number of para-hydroxylation sites is 1. The van der Waals surface area contributed by atoms with E-state index in [4.69, 9.17) is 9.72 Å². The average Bonchev–Trinajstić information content (AvgIpc) is 3.33. The summed E-state index contributed by atoms with van der Waals surface area (Å²) in [6.45, 7) is 5.14. The van der Waals surface area contributed by atoms with Crippen LogP contribution in [0.15, 0.2) is 46.5 Å². The molecule has 2 aliphatic rings. The first kappa shape index (κ1) is 19.3. The molecule has 3 aromatic rings. The molecule has 0 radical (unpaired) electrons. The minimum absolute atomic E-state index is 0.0239. The van der Waals surface area contributed by atoms with Gasteiger partial charge in [-0.25, -0.2) is 9.67 Å². The van der Waals surface area contributed by atoms with Gasteiger partial charge in [0, 0.05) is 25.3 Å². The molecule has 2 aliphatic heterocycles. The quantitative estimate of drug-likeness (QED) is 0.599. The van der Waals surface area contributed by atoms with Crippen LogP contribution in [0, 0.1) is 0 Å². The van der Waals surface area contributed by atoms with Crippen molar-refractivity contribution < 1.29 is 9.53 Å². The first-order valence-electron chi connectivity index (χ1n) is 10.1. The fraction of sp³-hybridized carbons (Fsp3) is 0.429. The van der Waals surface area contributed by atoms with E-state index in [1.807, 2.05) is 49.1 Å². The predicted molar refractivity (Wildman–Crippen MR) is 114 cm³/mol. The minimum Gasteiger partial charge on any atom is -0.372 e. The summed E-state index contributed by atoms with van der Waals surface area (Å²) in [5, 5.41) is 5.50. The fourth-order valence-corrected chi connectivity index (χ4v) is 5.38. The van der Waals surface area contributed by atoms with Gasteiger partial charge in [-0.3, -0.25) is 14.2 Å². The molecule has 1 fully saturated rings. The molecule has 0 saturated carbocycles. The molecule has 3 atom stereocenters. The summed E-state index contributed by atoms with van der Waals surface area (Å²) in [4.78, 5) is 32.8. The molecule has 0 bridgehead atoms. The Morgan fingerprint density at radius 2 is 1.93 bits per heavy atom. The number of carbonyl (C=O) groups excluding carboxylic acids is 1. The van der Waals surface area contributed by atoms with E-state index in [2.05, 4.69) is 5.10 Å². The Labute approximate surface area is 177 Å². The van der Waals surface area contributed by atoms with E-state index in [0.29, 0.717) is 41.5 Å². The van der Waals surface area contributed by atoms with Gasteiger partial charge in [-0.15, -0.1) is 0 Å². The number of hydrogen-bond donors (Lipinski definition) is 0. The molecule has 1 amide bonds. The van der Waals surface area contributed by atoms with Crippen molar-refractivity contribution in [3.05, 3.63) is 46.9 Å². The van der Waals surface area contributed by atoms with Crippen molar-refractivity contribution >= 4 is 28.7 Å². The average molecular weight is 426 g/mol. The van der Waals surface area contributed by atoms with Crippen molar-refractivity contribution in [2.75, 3.05) is 18.8 Å². The molecule has 0 spiro atoms. The molecule has 1 aromatic carbocycles. The lowest BCUT2D eigenvalue weighted by molar-refractivity contribution is -0.143. The summed E-state index contributed by atoms with van der Waals surface area (Å²) < 4.78 is 9.09. The van der Waals surface area contributed by atoms with E-state index in [9.17, 15) is 9.59 Å². The molecule has 9 heteroatoms. The van der Waals surface area contributed by atoms with Crippen molar-refractivity contribution in [2.45, 2.75) is 43.7 Å². The number of fused-ring (bicyclic) bond motifs is 2. The van der Waals surface area contributed by atoms with E-state index in [1.165, 1.54) is 11.8 Å². The van der Waals surface area contributed by atoms with Crippen LogP contribution < -0.4 is 5.56 Å². The molecule has 2 aromatic heterocycles. The molecular weight excluding hydrogens is 402 g/mol. The van der Waals surface area contributed by atoms with Crippen LogP contribution in [-0.2, 0) is 9.53 Å². The number of benzene rings is 1. The van der Waals surface area contributed by atoms with Crippen LogP contribution in [-0.4, -0.2) is 61.2 Å². The number of aromatic nitrogens is 4. The minimum atomic E-state index is -0.199. The van der Waals surface area contributed by atoms with Gasteiger partial charge in [0.1, 0.15) is 5.39 Å². The first-order valence-corrected chi connectivity index (χ1v) is 11.1. The number of thioether (sulfide) groups is 1. The highest BCUT2D eigenvalue weighted by molar-refractivity contribution is 7.99. The van der Waals surface area contributed by atoms with E-state index < -0.39 is 0 Å². The number of carbonyl (C=O) groups is 1. The number of rotatable bonds is 3. The third kappa shape index (κ3) is 3.31. The van der Waals surface area contributed by atoms with E-state index in [-0.39, 0.29) is 29.7 Å². The summed E-state index contributed by atoms with van der Waals surface area (Å²) in [7, 11) is 0. The van der Waals surface area contributed by atoms with Crippen molar-refractivity contribution in [1.29, 1.82) is 0 Å². The van der Waals surface area contributed by atoms with E-state index in [0.717, 1.165) is 5.69 Å². The number of ether oxygens (including phenoxy) is 1. The second-order valence-corrected chi connectivity index (χ2v) is 8.91. The molecule has 0 N–H and O–H groups in total. The Kier molecular flexibility index (Phi) is 4.86. The van der Waals surface area contributed by atoms with Crippen LogP contribution in [0.2, 0.25) is 0 Å². The third-order valence-corrected chi connectivity index (χ3v) is 6.65. The molecule has 8 nitrogen and oxygen atoms in total. The van der Waals surface area contributed by atoms with Gasteiger partial charge in [0.2, 0.25) is 5.91 Å². The molecule has 5 rings (SSSR count). The van der Waals surface area contributed by atoms with Crippen LogP contribution in [0.4, 0.5) is 0 Å². The Hall–Kier alpha value is -2.65. The highest BCUT2D eigenvalue weighted by atomic mass is 32.2. The Balaban J connectivity index is 1.45. The summed E-state index contributed by atoms with van der Waals surface area (Å²) in [5.41, 5.74) is 1.27. The van der Waals surface area contributed by atoms with Crippen molar-refractivity contribution in [2.24, 2.45) is 0 Å². The molecular formula is C21H23N5O3S. The highest BCUT2D eigenvalue weighted by Crippen LogP contribution is 2.34. The number of amides is 1. The lowest BCUT2D eigenvalue weighted by Gasteiger charge is -2.35. The van der Waals surface area contributed by atoms with Gasteiger partial charge in [0.05, 0.1) is 30.1 Å². The van der Waals surface area contributed by atoms with E-state index >= 15 is 0 Å². The Morgan fingerprint density at radius 1 is 1.20 bits per heavy atom. The van der Waals surface area contributed by atoms with Gasteiger partial charge >= 0.3 is 0 Å². The van der Waals surface area contributed by atoms with Gasteiger partial charge in [-0.05, 0) is 26.0 Å². The lowest BCUT2D eigenvalue weighted by atomic mass is 10.1. The van der Waals surface area contributed by atoms with Crippen LogP contribution in [0.3, 0.4) is 0 Å². The summed E-state index contributed by atoms with van der Waals surface area (Å²) in [6.07, 6.45) is 1.91. The van der Waals surface area contributed by atoms with Gasteiger partial charge in [-0.2, -0.15) is 5.10 Å². The van der Waals surface area contributed by atoms with Crippen molar-refractivity contribution in [3.8, 4) is 5.69 Å². The highest BCUT2D eigenvalue weighted by Gasteiger charge is 2.33. The topological polar surface area (TPSA) is 82.3 Å². The molecule has 0 unspecified atom stereocenters. The van der Waals surface area contributed by atoms with Crippen molar-refractivity contribution in [3.63, 3.8) is 0 Å². The number of morpholine rings is 1. The summed E-state index contributed by atoms with van der Waals surface area (Å²) in [5.74, 6) is 0.719. The molecule has 156 valence electrons. The maximum absolute atomic E-state index is 13.2. The van der Waals surface area contributed by atoms with Crippen LogP contribution in [0.25, 0.3) is 16.7 Å². The third-order valence-electron chi connectivity index (χ3n) is 5.55. The smallest absolute Gasteiger partial charge is 0.265 e. The Morgan fingerprint density at radius 3 is 2.67 bits per heavy atom.